The van der Waals surface area contributed by atoms with Gasteiger partial charge in [-0.1, -0.05) is 19.1 Å². The second-order valence-corrected chi connectivity index (χ2v) is 4.53. The van der Waals surface area contributed by atoms with Gasteiger partial charge in [-0.3, -0.25) is 9.59 Å². The van der Waals surface area contributed by atoms with Crippen LogP contribution in [0, 0.1) is 17.2 Å². The van der Waals surface area contributed by atoms with Gasteiger partial charge in [-0.05, 0) is 23.8 Å². The zero-order chi connectivity index (χ0) is 15.1. The highest BCUT2D eigenvalue weighted by atomic mass is 16.4. The lowest BCUT2D eigenvalue weighted by Gasteiger charge is -2.17. The van der Waals surface area contributed by atoms with Crippen LogP contribution in [-0.2, 0) is 9.59 Å². The number of aliphatic carboxylic acids is 1. The van der Waals surface area contributed by atoms with Gasteiger partial charge in [0.25, 0.3) is 0 Å². The minimum absolute atomic E-state index is 0.150. The van der Waals surface area contributed by atoms with Crippen molar-refractivity contribution >= 4 is 18.0 Å². The van der Waals surface area contributed by atoms with E-state index in [4.69, 9.17) is 10.4 Å². The van der Waals surface area contributed by atoms with Crippen LogP contribution >= 0.6 is 0 Å². The summed E-state index contributed by atoms with van der Waals surface area (Å²) in [6, 6.07) is 8.89. The summed E-state index contributed by atoms with van der Waals surface area (Å²) in [5, 5.41) is 17.6. The standard InChI is InChI=1S/C15H16N2O3/c1-11(15(19)20)10-17(2)14(18)7-6-12-4-3-5-13(8-12)9-16/h3-8,11H,10H2,1-2H3,(H,19,20). The Kier molecular flexibility index (Phi) is 5.48. The fraction of sp³-hybridized carbons (Fsp3) is 0.267. The number of rotatable bonds is 5. The minimum atomic E-state index is -0.935. The SMILES string of the molecule is CC(CN(C)C(=O)C=Cc1cccc(C#N)c1)C(=O)O. The van der Waals surface area contributed by atoms with Crippen molar-refractivity contribution in [2.24, 2.45) is 5.92 Å². The number of carbonyl (C=O) groups is 2. The van der Waals surface area contributed by atoms with Gasteiger partial charge in [-0.15, -0.1) is 0 Å². The van der Waals surface area contributed by atoms with Gasteiger partial charge < -0.3 is 10.0 Å². The van der Waals surface area contributed by atoms with Gasteiger partial charge in [0, 0.05) is 19.7 Å². The maximum absolute atomic E-state index is 11.8. The van der Waals surface area contributed by atoms with E-state index < -0.39 is 11.9 Å². The molecule has 0 aliphatic heterocycles. The maximum Gasteiger partial charge on any atom is 0.308 e. The molecule has 1 unspecified atom stereocenters. The zero-order valence-electron chi connectivity index (χ0n) is 11.4. The third-order valence-corrected chi connectivity index (χ3v) is 2.78. The van der Waals surface area contributed by atoms with Crippen molar-refractivity contribution in [1.82, 2.24) is 4.90 Å². The van der Waals surface area contributed by atoms with E-state index in [1.807, 2.05) is 6.07 Å². The predicted molar refractivity (Wildman–Crippen MR) is 74.6 cm³/mol. The first-order chi connectivity index (χ1) is 9.43. The van der Waals surface area contributed by atoms with E-state index in [-0.39, 0.29) is 12.5 Å². The number of likely N-dealkylation sites (N-methyl/N-ethyl adjacent to an activating group) is 1. The molecule has 1 N–H and O–H groups in total. The molecule has 1 atom stereocenters. The summed E-state index contributed by atoms with van der Waals surface area (Å²) in [7, 11) is 1.55. The van der Waals surface area contributed by atoms with E-state index in [0.717, 1.165) is 5.56 Å². The van der Waals surface area contributed by atoms with E-state index in [1.165, 1.54) is 11.0 Å². The highest BCUT2D eigenvalue weighted by Gasteiger charge is 2.15. The Bertz CT molecular complexity index is 573. The van der Waals surface area contributed by atoms with Crippen molar-refractivity contribution in [3.8, 4) is 6.07 Å². The molecule has 104 valence electrons. The van der Waals surface area contributed by atoms with Crippen LogP contribution in [0.2, 0.25) is 0 Å². The lowest BCUT2D eigenvalue weighted by atomic mass is 10.1. The number of hydrogen-bond acceptors (Lipinski definition) is 3. The second-order valence-electron chi connectivity index (χ2n) is 4.53. The highest BCUT2D eigenvalue weighted by Crippen LogP contribution is 2.07. The van der Waals surface area contributed by atoms with Gasteiger partial charge in [0.05, 0.1) is 17.6 Å². The molecule has 0 radical (unpaired) electrons. The summed E-state index contributed by atoms with van der Waals surface area (Å²) in [5.41, 5.74) is 1.27. The number of carbonyl (C=O) groups excluding carboxylic acids is 1. The number of nitrogens with zero attached hydrogens (tertiary/aromatic N) is 2. The van der Waals surface area contributed by atoms with Gasteiger partial charge in [-0.2, -0.15) is 5.26 Å². The van der Waals surface area contributed by atoms with Gasteiger partial charge in [0.2, 0.25) is 5.91 Å². The molecule has 5 nitrogen and oxygen atoms in total. The maximum atomic E-state index is 11.8. The molecule has 1 aromatic carbocycles. The largest absolute Gasteiger partial charge is 0.481 e. The molecule has 1 amide bonds. The Morgan fingerprint density at radius 1 is 1.50 bits per heavy atom. The average Bonchev–Trinajstić information content (AvgIpc) is 2.44. The number of nitriles is 1. The Morgan fingerprint density at radius 2 is 2.20 bits per heavy atom. The normalized spacial score (nSPS) is 11.8. The number of amides is 1. The minimum Gasteiger partial charge on any atom is -0.481 e. The molecular weight excluding hydrogens is 256 g/mol. The summed E-state index contributed by atoms with van der Waals surface area (Å²) in [4.78, 5) is 23.9. The lowest BCUT2D eigenvalue weighted by molar-refractivity contribution is -0.142. The summed E-state index contributed by atoms with van der Waals surface area (Å²) < 4.78 is 0. The zero-order valence-corrected chi connectivity index (χ0v) is 11.4. The van der Waals surface area contributed by atoms with Crippen LogP contribution in [0.3, 0.4) is 0 Å². The third kappa shape index (κ3) is 4.58. The molecule has 0 saturated carbocycles. The van der Waals surface area contributed by atoms with Gasteiger partial charge in [0.1, 0.15) is 0 Å². The highest BCUT2D eigenvalue weighted by molar-refractivity contribution is 5.91. The molecule has 1 rings (SSSR count). The summed E-state index contributed by atoms with van der Waals surface area (Å²) in [5.74, 6) is -1.82. The smallest absolute Gasteiger partial charge is 0.308 e. The first-order valence-electron chi connectivity index (χ1n) is 6.10. The van der Waals surface area contributed by atoms with Crippen LogP contribution in [0.25, 0.3) is 6.08 Å². The molecule has 0 spiro atoms. The number of carboxylic acid groups (broad SMARTS) is 1. The van der Waals surface area contributed by atoms with Crippen molar-refractivity contribution in [3.05, 3.63) is 41.5 Å². The molecule has 5 heteroatoms. The molecule has 0 aliphatic rings. The number of benzene rings is 1. The van der Waals surface area contributed by atoms with Crippen LogP contribution in [0.5, 0.6) is 0 Å². The molecule has 0 aromatic heterocycles. The predicted octanol–water partition coefficient (Wildman–Crippen LogP) is 1.75. The van der Waals surface area contributed by atoms with Crippen LogP contribution < -0.4 is 0 Å². The first-order valence-corrected chi connectivity index (χ1v) is 6.10. The Labute approximate surface area is 117 Å². The Balaban J connectivity index is 2.67. The van der Waals surface area contributed by atoms with Crippen molar-refractivity contribution in [3.63, 3.8) is 0 Å². The molecule has 0 fully saturated rings. The van der Waals surface area contributed by atoms with Crippen LogP contribution in [0.1, 0.15) is 18.1 Å². The molecule has 1 aromatic rings. The Hall–Kier alpha value is -2.61. The van der Waals surface area contributed by atoms with E-state index >= 15 is 0 Å². The molecule has 0 aliphatic carbocycles. The van der Waals surface area contributed by atoms with Gasteiger partial charge in [0.15, 0.2) is 0 Å². The van der Waals surface area contributed by atoms with Crippen molar-refractivity contribution in [1.29, 1.82) is 5.26 Å². The molecular formula is C15H16N2O3. The van der Waals surface area contributed by atoms with Crippen LogP contribution in [-0.4, -0.2) is 35.5 Å². The Morgan fingerprint density at radius 3 is 2.80 bits per heavy atom. The van der Waals surface area contributed by atoms with Crippen molar-refractivity contribution in [2.75, 3.05) is 13.6 Å². The fourth-order valence-corrected chi connectivity index (χ4v) is 1.59. The van der Waals surface area contributed by atoms with Gasteiger partial charge in [-0.25, -0.2) is 0 Å². The molecule has 0 heterocycles. The third-order valence-electron chi connectivity index (χ3n) is 2.78. The van der Waals surface area contributed by atoms with E-state index in [1.54, 1.807) is 44.3 Å². The van der Waals surface area contributed by atoms with Crippen LogP contribution in [0.4, 0.5) is 0 Å². The molecule has 20 heavy (non-hydrogen) atoms. The van der Waals surface area contributed by atoms with E-state index in [0.29, 0.717) is 5.56 Å². The number of hydrogen-bond donors (Lipinski definition) is 1. The second kappa shape index (κ2) is 7.10. The molecule has 0 saturated heterocycles. The van der Waals surface area contributed by atoms with Crippen molar-refractivity contribution in [2.45, 2.75) is 6.92 Å². The van der Waals surface area contributed by atoms with E-state index in [2.05, 4.69) is 0 Å². The fourth-order valence-electron chi connectivity index (χ4n) is 1.59. The monoisotopic (exact) mass is 272 g/mol. The van der Waals surface area contributed by atoms with Crippen LogP contribution in [0.15, 0.2) is 30.3 Å². The quantitative estimate of drug-likeness (QED) is 0.828. The van der Waals surface area contributed by atoms with E-state index in [9.17, 15) is 9.59 Å². The molecule has 0 bridgehead atoms. The summed E-state index contributed by atoms with van der Waals surface area (Å²) >= 11 is 0. The first kappa shape index (κ1) is 15.4. The van der Waals surface area contributed by atoms with Gasteiger partial charge >= 0.3 is 5.97 Å². The summed E-state index contributed by atoms with van der Waals surface area (Å²) in [6.07, 6.45) is 2.97. The summed E-state index contributed by atoms with van der Waals surface area (Å²) in [6.45, 7) is 1.70. The lowest BCUT2D eigenvalue weighted by Crippen LogP contribution is -2.32. The average molecular weight is 272 g/mol. The van der Waals surface area contributed by atoms with Crippen molar-refractivity contribution < 1.29 is 14.7 Å². The topological polar surface area (TPSA) is 81.4 Å². The number of carboxylic acids is 1.